The predicted molar refractivity (Wildman–Crippen MR) is 109 cm³/mol. The number of thioether (sulfide) groups is 1. The Bertz CT molecular complexity index is 953. The summed E-state index contributed by atoms with van der Waals surface area (Å²) in [7, 11) is 3.11. The van der Waals surface area contributed by atoms with Crippen molar-refractivity contribution in [3.63, 3.8) is 0 Å². The monoisotopic (exact) mass is 397 g/mol. The number of ether oxygens (including phenoxy) is 2. The molecule has 1 aromatic heterocycles. The van der Waals surface area contributed by atoms with Crippen molar-refractivity contribution in [2.75, 3.05) is 19.5 Å². The highest BCUT2D eigenvalue weighted by Crippen LogP contribution is 2.34. The van der Waals surface area contributed by atoms with E-state index >= 15 is 0 Å². The molecule has 0 unspecified atom stereocenters. The molecule has 6 nitrogen and oxygen atoms in total. The van der Waals surface area contributed by atoms with Gasteiger partial charge in [-0.05, 0) is 56.4 Å². The summed E-state index contributed by atoms with van der Waals surface area (Å²) in [5.41, 5.74) is 4.36. The van der Waals surface area contributed by atoms with Gasteiger partial charge in [-0.25, -0.2) is 4.98 Å². The molecule has 1 heterocycles. The van der Waals surface area contributed by atoms with Crippen molar-refractivity contribution in [2.45, 2.75) is 43.4 Å². The van der Waals surface area contributed by atoms with Gasteiger partial charge in [0.25, 0.3) is 0 Å². The van der Waals surface area contributed by atoms with E-state index in [0.717, 1.165) is 30.5 Å². The van der Waals surface area contributed by atoms with Crippen molar-refractivity contribution in [3.8, 4) is 17.6 Å². The lowest BCUT2D eigenvalue weighted by molar-refractivity contribution is -0.115. The number of aryl methyl sites for hydroxylation is 1. The minimum absolute atomic E-state index is 0.194. The molecule has 28 heavy (non-hydrogen) atoms. The smallest absolute Gasteiger partial charge is 0.237 e. The molecular formula is C21H23N3O3S. The summed E-state index contributed by atoms with van der Waals surface area (Å²) in [5.74, 6) is 0.982. The van der Waals surface area contributed by atoms with Crippen LogP contribution in [0.15, 0.2) is 23.2 Å². The number of nitrogens with one attached hydrogen (secondary N) is 1. The van der Waals surface area contributed by atoms with Gasteiger partial charge in [0.15, 0.2) is 0 Å². The topological polar surface area (TPSA) is 84.2 Å². The number of anilines is 1. The van der Waals surface area contributed by atoms with Crippen molar-refractivity contribution >= 4 is 23.4 Å². The van der Waals surface area contributed by atoms with Gasteiger partial charge in [-0.1, -0.05) is 11.8 Å². The van der Waals surface area contributed by atoms with Crippen LogP contribution >= 0.6 is 11.8 Å². The number of nitriles is 1. The zero-order chi connectivity index (χ0) is 20.3. The fourth-order valence-corrected chi connectivity index (χ4v) is 4.31. The number of amides is 1. The maximum absolute atomic E-state index is 12.8. The fourth-order valence-electron chi connectivity index (χ4n) is 3.33. The summed E-state index contributed by atoms with van der Waals surface area (Å²) in [6.45, 7) is 3.78. The molecular weight excluding hydrogens is 374 g/mol. The normalized spacial score (nSPS) is 13.4. The van der Waals surface area contributed by atoms with Crippen LogP contribution in [-0.4, -0.2) is 30.4 Å². The van der Waals surface area contributed by atoms with Gasteiger partial charge in [0.05, 0.1) is 30.7 Å². The van der Waals surface area contributed by atoms with Crippen molar-refractivity contribution in [1.29, 1.82) is 5.26 Å². The molecule has 1 aromatic carbocycles. The van der Waals surface area contributed by atoms with Crippen molar-refractivity contribution in [2.24, 2.45) is 0 Å². The second kappa shape index (κ2) is 8.53. The molecule has 146 valence electrons. The molecule has 7 heteroatoms. The summed E-state index contributed by atoms with van der Waals surface area (Å²) >= 11 is 1.31. The lowest BCUT2D eigenvalue weighted by atomic mass is 10.0. The highest BCUT2D eigenvalue weighted by atomic mass is 32.2. The lowest BCUT2D eigenvalue weighted by Gasteiger charge is -2.16. The second-order valence-electron chi connectivity index (χ2n) is 6.62. The van der Waals surface area contributed by atoms with Gasteiger partial charge in [0.2, 0.25) is 5.91 Å². The van der Waals surface area contributed by atoms with E-state index in [1.54, 1.807) is 39.3 Å². The Kier molecular flexibility index (Phi) is 6.10. The molecule has 0 spiro atoms. The average molecular weight is 398 g/mol. The van der Waals surface area contributed by atoms with E-state index < -0.39 is 5.25 Å². The Labute approximate surface area is 169 Å². The number of hydrogen-bond acceptors (Lipinski definition) is 6. The van der Waals surface area contributed by atoms with E-state index in [4.69, 9.17) is 14.5 Å². The van der Waals surface area contributed by atoms with E-state index in [1.165, 1.54) is 17.3 Å². The van der Waals surface area contributed by atoms with Crippen LogP contribution in [0.5, 0.6) is 11.5 Å². The van der Waals surface area contributed by atoms with E-state index in [9.17, 15) is 10.1 Å². The van der Waals surface area contributed by atoms with Crippen LogP contribution in [0.2, 0.25) is 0 Å². The molecule has 1 aliphatic carbocycles. The Balaban J connectivity index is 1.81. The highest BCUT2D eigenvalue weighted by molar-refractivity contribution is 8.00. The summed E-state index contributed by atoms with van der Waals surface area (Å²) in [4.78, 5) is 17.5. The largest absolute Gasteiger partial charge is 0.497 e. The molecule has 0 saturated carbocycles. The first-order chi connectivity index (χ1) is 13.5. The van der Waals surface area contributed by atoms with E-state index in [-0.39, 0.29) is 5.91 Å². The van der Waals surface area contributed by atoms with Crippen LogP contribution in [0.25, 0.3) is 0 Å². The molecule has 2 aromatic rings. The number of aromatic nitrogens is 1. The summed E-state index contributed by atoms with van der Waals surface area (Å²) in [6.07, 6.45) is 2.96. The first-order valence-electron chi connectivity index (χ1n) is 9.10. The molecule has 0 fully saturated rings. The van der Waals surface area contributed by atoms with Gasteiger partial charge in [-0.2, -0.15) is 5.26 Å². The minimum Gasteiger partial charge on any atom is -0.497 e. The van der Waals surface area contributed by atoms with Gasteiger partial charge < -0.3 is 14.8 Å². The van der Waals surface area contributed by atoms with Crippen molar-refractivity contribution in [1.82, 2.24) is 4.98 Å². The standard InChI is InChI=1S/C21H23N3O3S/c1-12-15-6-5-7-17(15)24-21(16(12)11-22)28-13(2)20(25)23-18-10-14(26-3)8-9-19(18)27-4/h8-10,13H,5-7H2,1-4H3,(H,23,25)/t13-/m1/s1. The van der Waals surface area contributed by atoms with Gasteiger partial charge in [-0.15, -0.1) is 0 Å². The molecule has 0 saturated heterocycles. The first-order valence-corrected chi connectivity index (χ1v) is 9.98. The van der Waals surface area contributed by atoms with E-state index in [2.05, 4.69) is 11.4 Å². The van der Waals surface area contributed by atoms with Crippen LogP contribution in [-0.2, 0) is 17.6 Å². The van der Waals surface area contributed by atoms with Gasteiger partial charge >= 0.3 is 0 Å². The van der Waals surface area contributed by atoms with Crippen LogP contribution in [0, 0.1) is 18.3 Å². The van der Waals surface area contributed by atoms with Crippen molar-refractivity contribution in [3.05, 3.63) is 40.6 Å². The number of pyridine rings is 1. The van der Waals surface area contributed by atoms with Crippen LogP contribution in [0.1, 0.15) is 35.7 Å². The van der Waals surface area contributed by atoms with Crippen LogP contribution in [0.4, 0.5) is 5.69 Å². The molecule has 1 amide bonds. The number of benzene rings is 1. The Morgan fingerprint density at radius 2 is 2.11 bits per heavy atom. The Morgan fingerprint density at radius 1 is 1.32 bits per heavy atom. The fraction of sp³-hybridized carbons (Fsp3) is 0.381. The number of carbonyl (C=O) groups is 1. The number of rotatable bonds is 6. The molecule has 0 aliphatic heterocycles. The third-order valence-corrected chi connectivity index (χ3v) is 5.99. The molecule has 1 N–H and O–H groups in total. The lowest BCUT2D eigenvalue weighted by Crippen LogP contribution is -2.23. The van der Waals surface area contributed by atoms with Crippen molar-refractivity contribution < 1.29 is 14.3 Å². The third kappa shape index (κ3) is 3.92. The zero-order valence-corrected chi connectivity index (χ0v) is 17.3. The first kappa shape index (κ1) is 20.0. The van der Waals surface area contributed by atoms with E-state index in [1.807, 2.05) is 6.92 Å². The van der Waals surface area contributed by atoms with Crippen LogP contribution < -0.4 is 14.8 Å². The summed E-state index contributed by atoms with van der Waals surface area (Å²) < 4.78 is 10.5. The Hall–Kier alpha value is -2.72. The predicted octanol–water partition coefficient (Wildman–Crippen LogP) is 3.89. The summed E-state index contributed by atoms with van der Waals surface area (Å²) in [5, 5.41) is 12.7. The molecule has 0 radical (unpaired) electrons. The maximum Gasteiger partial charge on any atom is 0.237 e. The van der Waals surface area contributed by atoms with Gasteiger partial charge in [0.1, 0.15) is 22.6 Å². The third-order valence-electron chi connectivity index (χ3n) is 4.90. The number of methoxy groups -OCH3 is 2. The quantitative estimate of drug-likeness (QED) is 0.745. The zero-order valence-electron chi connectivity index (χ0n) is 16.5. The SMILES string of the molecule is COc1ccc(OC)c(NC(=O)[C@@H](C)Sc2nc3c(c(C)c2C#N)CCC3)c1. The molecule has 3 rings (SSSR count). The number of nitrogens with zero attached hydrogens (tertiary/aromatic N) is 2. The molecule has 1 atom stereocenters. The number of carbonyl (C=O) groups excluding carboxylic acids is 1. The van der Waals surface area contributed by atoms with Crippen LogP contribution in [0.3, 0.4) is 0 Å². The molecule has 1 aliphatic rings. The number of hydrogen-bond donors (Lipinski definition) is 1. The van der Waals surface area contributed by atoms with Gasteiger partial charge in [0, 0.05) is 11.8 Å². The van der Waals surface area contributed by atoms with Gasteiger partial charge in [-0.3, -0.25) is 4.79 Å². The van der Waals surface area contributed by atoms with E-state index in [0.29, 0.717) is 27.8 Å². The minimum atomic E-state index is -0.436. The number of fused-ring (bicyclic) bond motifs is 1. The second-order valence-corrected chi connectivity index (χ2v) is 7.95. The summed E-state index contributed by atoms with van der Waals surface area (Å²) in [6, 6.07) is 7.49. The molecule has 0 bridgehead atoms. The average Bonchev–Trinajstić information content (AvgIpc) is 3.17. The highest BCUT2D eigenvalue weighted by Gasteiger charge is 2.24. The Morgan fingerprint density at radius 3 is 2.79 bits per heavy atom. The maximum atomic E-state index is 12.8.